The molecule has 0 aliphatic rings. The fourth-order valence-corrected chi connectivity index (χ4v) is 6.05. The molecule has 0 saturated carbocycles. The number of para-hydroxylation sites is 3. The predicted molar refractivity (Wildman–Crippen MR) is 140 cm³/mol. The second-order valence-electron chi connectivity index (χ2n) is 9.10. The third-order valence-corrected chi connectivity index (χ3v) is 7.25. The Labute approximate surface area is 190 Å². The van der Waals surface area contributed by atoms with Crippen LogP contribution < -0.4 is 0 Å². The van der Waals surface area contributed by atoms with Gasteiger partial charge in [-0.2, -0.15) is 0 Å². The summed E-state index contributed by atoms with van der Waals surface area (Å²) in [5.41, 5.74) is 8.90. The van der Waals surface area contributed by atoms with E-state index in [1.807, 2.05) is 0 Å². The minimum absolute atomic E-state index is 1.20. The molecule has 8 rings (SSSR count). The van der Waals surface area contributed by atoms with E-state index >= 15 is 0 Å². The number of rotatable bonds is 1. The first kappa shape index (κ1) is 17.3. The maximum atomic E-state index is 2.48. The Morgan fingerprint density at radius 1 is 0.485 bits per heavy atom. The second-order valence-corrected chi connectivity index (χ2v) is 9.10. The molecule has 3 heterocycles. The van der Waals surface area contributed by atoms with Crippen molar-refractivity contribution in [1.82, 2.24) is 8.97 Å². The third-order valence-electron chi connectivity index (χ3n) is 7.25. The van der Waals surface area contributed by atoms with Crippen molar-refractivity contribution in [3.8, 4) is 5.69 Å². The number of aryl methyl sites for hydroxylation is 1. The second kappa shape index (κ2) is 5.93. The SMILES string of the molecule is Cc1cc2c3ccccc3n3c4ccc5c(c6ccccc6n5-c5ccccc5)c4c(c1)c23. The lowest BCUT2D eigenvalue weighted by molar-refractivity contribution is 1.18. The van der Waals surface area contributed by atoms with E-state index in [1.165, 1.54) is 71.2 Å². The summed E-state index contributed by atoms with van der Waals surface area (Å²) in [6.45, 7) is 2.22. The van der Waals surface area contributed by atoms with Crippen LogP contribution in [0.4, 0.5) is 0 Å². The van der Waals surface area contributed by atoms with Crippen LogP contribution in [-0.2, 0) is 0 Å². The molecule has 3 aromatic heterocycles. The number of nitrogens with zero attached hydrogens (tertiary/aromatic N) is 2. The van der Waals surface area contributed by atoms with Crippen LogP contribution in [0.2, 0.25) is 0 Å². The summed E-state index contributed by atoms with van der Waals surface area (Å²) in [6, 6.07) is 37.7. The third kappa shape index (κ3) is 2.04. The number of fused-ring (bicyclic) bond motifs is 10. The number of hydrogen-bond acceptors (Lipinski definition) is 0. The number of hydrogen-bond donors (Lipinski definition) is 0. The molecule has 0 bridgehead atoms. The zero-order valence-corrected chi connectivity index (χ0v) is 18.2. The zero-order valence-electron chi connectivity index (χ0n) is 18.2. The van der Waals surface area contributed by atoms with Gasteiger partial charge < -0.3 is 8.97 Å². The minimum Gasteiger partial charge on any atom is -0.309 e. The Morgan fingerprint density at radius 3 is 1.97 bits per heavy atom. The van der Waals surface area contributed by atoms with Crippen LogP contribution in [0.1, 0.15) is 5.56 Å². The van der Waals surface area contributed by atoms with Gasteiger partial charge in [-0.05, 0) is 61.0 Å². The molecule has 0 amide bonds. The molecule has 0 unspecified atom stereocenters. The summed E-state index contributed by atoms with van der Waals surface area (Å²) in [7, 11) is 0. The average molecular weight is 421 g/mol. The molecule has 8 aromatic rings. The molecule has 2 heteroatoms. The molecule has 5 aromatic carbocycles. The van der Waals surface area contributed by atoms with Gasteiger partial charge in [0.05, 0.1) is 27.6 Å². The highest BCUT2D eigenvalue weighted by molar-refractivity contribution is 6.33. The molecule has 0 saturated heterocycles. The Bertz CT molecular complexity index is 2020. The fraction of sp³-hybridized carbons (Fsp3) is 0.0323. The number of aromatic nitrogens is 2. The van der Waals surface area contributed by atoms with Gasteiger partial charge in [-0.1, -0.05) is 54.6 Å². The van der Waals surface area contributed by atoms with Gasteiger partial charge in [0.15, 0.2) is 0 Å². The van der Waals surface area contributed by atoms with Gasteiger partial charge in [0.1, 0.15) is 0 Å². The lowest BCUT2D eigenvalue weighted by atomic mass is 10.0. The Kier molecular flexibility index (Phi) is 3.11. The van der Waals surface area contributed by atoms with Crippen molar-refractivity contribution in [1.29, 1.82) is 0 Å². The summed E-state index contributed by atoms with van der Waals surface area (Å²) < 4.78 is 4.88. The van der Waals surface area contributed by atoms with Gasteiger partial charge in [0.25, 0.3) is 0 Å². The summed E-state index contributed by atoms with van der Waals surface area (Å²) in [4.78, 5) is 0. The highest BCUT2D eigenvalue weighted by atomic mass is 15.0. The molecular weight excluding hydrogens is 400 g/mol. The maximum Gasteiger partial charge on any atom is 0.0620 e. The molecule has 154 valence electrons. The van der Waals surface area contributed by atoms with Crippen LogP contribution >= 0.6 is 0 Å². The molecule has 2 nitrogen and oxygen atoms in total. The van der Waals surface area contributed by atoms with Crippen LogP contribution in [0.3, 0.4) is 0 Å². The van der Waals surface area contributed by atoms with E-state index in [0.717, 1.165) is 0 Å². The van der Waals surface area contributed by atoms with Gasteiger partial charge in [-0.25, -0.2) is 0 Å². The minimum atomic E-state index is 1.20. The summed E-state index contributed by atoms with van der Waals surface area (Å²) in [5, 5.41) is 8.02. The summed E-state index contributed by atoms with van der Waals surface area (Å²) in [5.74, 6) is 0. The van der Waals surface area contributed by atoms with E-state index in [-0.39, 0.29) is 0 Å². The molecule has 0 N–H and O–H groups in total. The van der Waals surface area contributed by atoms with E-state index < -0.39 is 0 Å². The predicted octanol–water partition coefficient (Wildman–Crippen LogP) is 8.24. The normalized spacial score (nSPS) is 12.4. The van der Waals surface area contributed by atoms with Gasteiger partial charge in [-0.3, -0.25) is 0 Å². The highest BCUT2D eigenvalue weighted by Crippen LogP contribution is 2.45. The first-order valence-electron chi connectivity index (χ1n) is 11.5. The van der Waals surface area contributed by atoms with E-state index in [2.05, 4.69) is 119 Å². The van der Waals surface area contributed by atoms with Crippen molar-refractivity contribution in [2.24, 2.45) is 0 Å². The molecule has 0 radical (unpaired) electrons. The van der Waals surface area contributed by atoms with Crippen LogP contribution in [0, 0.1) is 6.92 Å². The van der Waals surface area contributed by atoms with Gasteiger partial charge in [0, 0.05) is 38.0 Å². The van der Waals surface area contributed by atoms with Crippen molar-refractivity contribution < 1.29 is 0 Å². The van der Waals surface area contributed by atoms with Crippen LogP contribution in [0.25, 0.3) is 65.6 Å². The fourth-order valence-electron chi connectivity index (χ4n) is 6.05. The molecule has 0 fully saturated rings. The molecule has 0 aliphatic heterocycles. The van der Waals surface area contributed by atoms with Crippen molar-refractivity contribution in [2.45, 2.75) is 6.92 Å². The van der Waals surface area contributed by atoms with Crippen molar-refractivity contribution in [2.75, 3.05) is 0 Å². The zero-order chi connectivity index (χ0) is 21.7. The Balaban J connectivity index is 1.71. The lowest BCUT2D eigenvalue weighted by Crippen LogP contribution is -1.92. The Hall–Kier alpha value is -4.30. The van der Waals surface area contributed by atoms with Crippen LogP contribution in [0.5, 0.6) is 0 Å². The topological polar surface area (TPSA) is 9.34 Å². The summed E-state index contributed by atoms with van der Waals surface area (Å²) >= 11 is 0. The van der Waals surface area contributed by atoms with Crippen LogP contribution in [-0.4, -0.2) is 8.97 Å². The standard InChI is InChI=1S/C31H20N2/c1-19-17-23-21-11-5-7-13-25(21)33-28-16-15-27-29(30(28)24(18-19)31(23)33)22-12-6-8-14-26(22)32(27)20-9-3-2-4-10-20/h2-18H,1H3. The molecule has 0 aliphatic carbocycles. The quantitative estimate of drug-likeness (QED) is 0.253. The average Bonchev–Trinajstić information content (AvgIpc) is 3.48. The van der Waals surface area contributed by atoms with Crippen LogP contribution in [0.15, 0.2) is 103 Å². The highest BCUT2D eigenvalue weighted by Gasteiger charge is 2.22. The smallest absolute Gasteiger partial charge is 0.0620 e. The molecule has 0 atom stereocenters. The monoisotopic (exact) mass is 420 g/mol. The van der Waals surface area contributed by atoms with Crippen molar-refractivity contribution >= 4 is 59.9 Å². The summed E-state index contributed by atoms with van der Waals surface area (Å²) in [6.07, 6.45) is 0. The first-order valence-corrected chi connectivity index (χ1v) is 11.5. The molecule has 0 spiro atoms. The van der Waals surface area contributed by atoms with Gasteiger partial charge in [0.2, 0.25) is 0 Å². The van der Waals surface area contributed by atoms with Crippen molar-refractivity contribution in [3.05, 3.63) is 109 Å². The largest absolute Gasteiger partial charge is 0.309 e. The maximum absolute atomic E-state index is 2.48. The van der Waals surface area contributed by atoms with E-state index in [0.29, 0.717) is 0 Å². The van der Waals surface area contributed by atoms with E-state index in [4.69, 9.17) is 0 Å². The first-order chi connectivity index (χ1) is 16.3. The van der Waals surface area contributed by atoms with Gasteiger partial charge in [-0.15, -0.1) is 0 Å². The van der Waals surface area contributed by atoms with Crippen molar-refractivity contribution in [3.63, 3.8) is 0 Å². The number of benzene rings is 5. The lowest BCUT2D eigenvalue weighted by Gasteiger charge is -2.07. The molecule has 33 heavy (non-hydrogen) atoms. The van der Waals surface area contributed by atoms with E-state index in [9.17, 15) is 0 Å². The molecular formula is C31H20N2. The van der Waals surface area contributed by atoms with Gasteiger partial charge >= 0.3 is 0 Å². The van der Waals surface area contributed by atoms with E-state index in [1.54, 1.807) is 0 Å². The Morgan fingerprint density at radius 2 is 1.12 bits per heavy atom.